The summed E-state index contributed by atoms with van der Waals surface area (Å²) in [7, 11) is 0. The van der Waals surface area contributed by atoms with Crippen molar-refractivity contribution >= 4 is 0 Å². The quantitative estimate of drug-likeness (QED) is 0.741. The van der Waals surface area contributed by atoms with E-state index < -0.39 is 0 Å². The number of aromatic hydroxyl groups is 2. The molecule has 0 fully saturated rings. The van der Waals surface area contributed by atoms with Gasteiger partial charge in [0.05, 0.1) is 0 Å². The first-order valence-electron chi connectivity index (χ1n) is 6.06. The number of rotatable bonds is 4. The predicted octanol–water partition coefficient (Wildman–Crippen LogP) is 3.09. The molecule has 100 valence electrons. The minimum atomic E-state index is -0.251. The summed E-state index contributed by atoms with van der Waals surface area (Å²) >= 11 is 0. The van der Waals surface area contributed by atoms with Crippen LogP contribution in [-0.2, 0) is 6.54 Å². The standard InChI is InChI=1S/C15H16FNO2/c1-10(12-3-5-13(16)6-4-12)17-9-11-2-7-14(18)15(19)8-11/h2-8,10,17-19H,9H2,1H3. The third-order valence-corrected chi connectivity index (χ3v) is 3.02. The van der Waals surface area contributed by atoms with Crippen LogP contribution in [0.1, 0.15) is 24.1 Å². The molecule has 0 radical (unpaired) electrons. The zero-order valence-electron chi connectivity index (χ0n) is 10.6. The second-order valence-corrected chi connectivity index (χ2v) is 4.48. The zero-order chi connectivity index (χ0) is 13.8. The van der Waals surface area contributed by atoms with Crippen molar-refractivity contribution in [1.29, 1.82) is 0 Å². The number of hydrogen-bond donors (Lipinski definition) is 3. The number of hydrogen-bond acceptors (Lipinski definition) is 3. The molecule has 0 bridgehead atoms. The van der Waals surface area contributed by atoms with Crippen molar-refractivity contribution in [3.63, 3.8) is 0 Å². The minimum Gasteiger partial charge on any atom is -0.504 e. The zero-order valence-corrected chi connectivity index (χ0v) is 10.6. The maximum atomic E-state index is 12.8. The van der Waals surface area contributed by atoms with Crippen LogP contribution in [-0.4, -0.2) is 10.2 Å². The Morgan fingerprint density at radius 3 is 2.37 bits per heavy atom. The number of phenolic OH excluding ortho intramolecular Hbond substituents is 2. The molecule has 0 aromatic heterocycles. The smallest absolute Gasteiger partial charge is 0.157 e. The number of halogens is 1. The van der Waals surface area contributed by atoms with Crippen LogP contribution in [0.2, 0.25) is 0 Å². The molecule has 1 atom stereocenters. The molecule has 0 saturated heterocycles. The van der Waals surface area contributed by atoms with Gasteiger partial charge in [0.25, 0.3) is 0 Å². The molecule has 0 aliphatic heterocycles. The summed E-state index contributed by atoms with van der Waals surface area (Å²) in [4.78, 5) is 0. The van der Waals surface area contributed by atoms with E-state index in [4.69, 9.17) is 0 Å². The first-order valence-corrected chi connectivity index (χ1v) is 6.06. The van der Waals surface area contributed by atoms with Gasteiger partial charge in [-0.05, 0) is 42.3 Å². The average molecular weight is 261 g/mol. The second-order valence-electron chi connectivity index (χ2n) is 4.48. The molecule has 0 saturated carbocycles. The number of benzene rings is 2. The van der Waals surface area contributed by atoms with Crippen molar-refractivity contribution in [2.45, 2.75) is 19.5 Å². The summed E-state index contributed by atoms with van der Waals surface area (Å²) in [5, 5.41) is 21.9. The Balaban J connectivity index is 1.98. The lowest BCUT2D eigenvalue weighted by atomic mass is 10.1. The van der Waals surface area contributed by atoms with Gasteiger partial charge in [-0.1, -0.05) is 18.2 Å². The summed E-state index contributed by atoms with van der Waals surface area (Å²) in [6.07, 6.45) is 0. The van der Waals surface area contributed by atoms with E-state index >= 15 is 0 Å². The summed E-state index contributed by atoms with van der Waals surface area (Å²) in [5.74, 6) is -0.511. The van der Waals surface area contributed by atoms with Gasteiger partial charge in [-0.15, -0.1) is 0 Å². The highest BCUT2D eigenvalue weighted by molar-refractivity contribution is 5.40. The molecule has 19 heavy (non-hydrogen) atoms. The van der Waals surface area contributed by atoms with Crippen molar-refractivity contribution in [3.8, 4) is 11.5 Å². The highest BCUT2D eigenvalue weighted by Crippen LogP contribution is 2.25. The Morgan fingerprint density at radius 1 is 1.05 bits per heavy atom. The summed E-state index contributed by atoms with van der Waals surface area (Å²) in [6.45, 7) is 2.53. The van der Waals surface area contributed by atoms with Gasteiger partial charge in [0.15, 0.2) is 11.5 Å². The topological polar surface area (TPSA) is 52.5 Å². The molecule has 0 aliphatic carbocycles. The fraction of sp³-hybridized carbons (Fsp3) is 0.200. The van der Waals surface area contributed by atoms with Crippen LogP contribution in [0.25, 0.3) is 0 Å². The summed E-state index contributed by atoms with van der Waals surface area (Å²) in [5.41, 5.74) is 1.86. The maximum Gasteiger partial charge on any atom is 0.157 e. The van der Waals surface area contributed by atoms with E-state index in [2.05, 4.69) is 5.32 Å². The Bertz CT molecular complexity index is 555. The number of phenols is 2. The fourth-order valence-electron chi connectivity index (χ4n) is 1.82. The first-order chi connectivity index (χ1) is 9.06. The molecule has 0 heterocycles. The molecule has 1 unspecified atom stereocenters. The normalized spacial score (nSPS) is 12.3. The van der Waals surface area contributed by atoms with Gasteiger partial charge < -0.3 is 15.5 Å². The Labute approximate surface area is 111 Å². The van der Waals surface area contributed by atoms with Crippen molar-refractivity contribution in [3.05, 3.63) is 59.4 Å². The summed E-state index contributed by atoms with van der Waals surface area (Å²) in [6, 6.07) is 11.1. The molecule has 2 aromatic rings. The van der Waals surface area contributed by atoms with Gasteiger partial charge >= 0.3 is 0 Å². The van der Waals surface area contributed by atoms with Gasteiger partial charge in [-0.2, -0.15) is 0 Å². The van der Waals surface area contributed by atoms with Crippen LogP contribution in [0.15, 0.2) is 42.5 Å². The lowest BCUT2D eigenvalue weighted by Crippen LogP contribution is -2.17. The van der Waals surface area contributed by atoms with Crippen LogP contribution in [0.5, 0.6) is 11.5 Å². The molecule has 2 aromatic carbocycles. The highest BCUT2D eigenvalue weighted by atomic mass is 19.1. The molecule has 0 spiro atoms. The molecule has 4 heteroatoms. The van der Waals surface area contributed by atoms with E-state index in [-0.39, 0.29) is 23.4 Å². The van der Waals surface area contributed by atoms with Gasteiger partial charge in [0.1, 0.15) is 5.82 Å². The lowest BCUT2D eigenvalue weighted by Gasteiger charge is -2.14. The maximum absolute atomic E-state index is 12.8. The second kappa shape index (κ2) is 5.71. The van der Waals surface area contributed by atoms with Gasteiger partial charge in [0.2, 0.25) is 0 Å². The van der Waals surface area contributed by atoms with E-state index in [0.29, 0.717) is 6.54 Å². The van der Waals surface area contributed by atoms with Crippen LogP contribution in [0, 0.1) is 5.82 Å². The van der Waals surface area contributed by atoms with Gasteiger partial charge in [0, 0.05) is 12.6 Å². The Hall–Kier alpha value is -2.07. The molecule has 3 nitrogen and oxygen atoms in total. The van der Waals surface area contributed by atoms with Crippen LogP contribution in [0.3, 0.4) is 0 Å². The van der Waals surface area contributed by atoms with E-state index in [1.54, 1.807) is 18.2 Å². The summed E-state index contributed by atoms with van der Waals surface area (Å²) < 4.78 is 12.8. The SMILES string of the molecule is CC(NCc1ccc(O)c(O)c1)c1ccc(F)cc1. The van der Waals surface area contributed by atoms with Crippen molar-refractivity contribution in [2.24, 2.45) is 0 Å². The Kier molecular flexibility index (Phi) is 4.02. The van der Waals surface area contributed by atoms with E-state index in [1.807, 2.05) is 6.92 Å². The van der Waals surface area contributed by atoms with Gasteiger partial charge in [-0.3, -0.25) is 0 Å². The molecule has 2 rings (SSSR count). The van der Waals surface area contributed by atoms with Gasteiger partial charge in [-0.25, -0.2) is 4.39 Å². The van der Waals surface area contributed by atoms with Crippen molar-refractivity contribution < 1.29 is 14.6 Å². The van der Waals surface area contributed by atoms with Crippen molar-refractivity contribution in [2.75, 3.05) is 0 Å². The van der Waals surface area contributed by atoms with E-state index in [1.165, 1.54) is 24.3 Å². The predicted molar refractivity (Wildman–Crippen MR) is 71.4 cm³/mol. The minimum absolute atomic E-state index is 0.0662. The molecular formula is C15H16FNO2. The molecule has 3 N–H and O–H groups in total. The average Bonchev–Trinajstić information content (AvgIpc) is 2.40. The molecule has 0 amide bonds. The van der Waals surface area contributed by atoms with Crippen LogP contribution < -0.4 is 5.32 Å². The largest absolute Gasteiger partial charge is 0.504 e. The molecular weight excluding hydrogens is 245 g/mol. The van der Waals surface area contributed by atoms with Crippen molar-refractivity contribution in [1.82, 2.24) is 5.32 Å². The third kappa shape index (κ3) is 3.45. The first kappa shape index (κ1) is 13.4. The van der Waals surface area contributed by atoms with Crippen LogP contribution in [0.4, 0.5) is 4.39 Å². The monoisotopic (exact) mass is 261 g/mol. The molecule has 0 aliphatic rings. The lowest BCUT2D eigenvalue weighted by molar-refractivity contribution is 0.402. The van der Waals surface area contributed by atoms with E-state index in [9.17, 15) is 14.6 Å². The van der Waals surface area contributed by atoms with Crippen LogP contribution >= 0.6 is 0 Å². The number of nitrogens with one attached hydrogen (secondary N) is 1. The fourth-order valence-corrected chi connectivity index (χ4v) is 1.82. The highest BCUT2D eigenvalue weighted by Gasteiger charge is 2.06. The third-order valence-electron chi connectivity index (χ3n) is 3.02. The Morgan fingerprint density at radius 2 is 1.74 bits per heavy atom. The van der Waals surface area contributed by atoms with E-state index in [0.717, 1.165) is 11.1 Å².